The van der Waals surface area contributed by atoms with Crippen molar-refractivity contribution in [3.8, 4) is 0 Å². The summed E-state index contributed by atoms with van der Waals surface area (Å²) < 4.78 is 0. The van der Waals surface area contributed by atoms with Crippen LogP contribution in [0.25, 0.3) is 0 Å². The summed E-state index contributed by atoms with van der Waals surface area (Å²) in [6, 6.07) is 3.49. The normalized spacial score (nSPS) is 17.7. The smallest absolute Gasteiger partial charge is 0.247 e. The van der Waals surface area contributed by atoms with Crippen molar-refractivity contribution < 1.29 is 4.79 Å². The molecule has 2 aromatic heterocycles. The van der Waals surface area contributed by atoms with E-state index >= 15 is 0 Å². The molecule has 0 atom stereocenters. The maximum Gasteiger partial charge on any atom is 0.247 e. The van der Waals surface area contributed by atoms with E-state index in [0.717, 1.165) is 57.3 Å². The van der Waals surface area contributed by atoms with Crippen LogP contribution in [-0.2, 0) is 30.5 Å². The molecule has 2 aliphatic rings. The number of pyridine rings is 1. The summed E-state index contributed by atoms with van der Waals surface area (Å²) in [6.45, 7) is 1.68. The molecule has 1 saturated heterocycles. The van der Waals surface area contributed by atoms with Crippen LogP contribution in [0.2, 0.25) is 0 Å². The van der Waals surface area contributed by atoms with E-state index in [9.17, 15) is 9.59 Å². The minimum absolute atomic E-state index is 0.0580. The molecule has 0 radical (unpaired) electrons. The number of H-pyrrole nitrogens is 2. The molecule has 1 aliphatic heterocycles. The van der Waals surface area contributed by atoms with Crippen molar-refractivity contribution in [2.45, 2.75) is 57.8 Å². The summed E-state index contributed by atoms with van der Waals surface area (Å²) in [4.78, 5) is 28.5. The molecule has 3 heterocycles. The van der Waals surface area contributed by atoms with Gasteiger partial charge in [-0.1, -0.05) is 6.07 Å². The molecule has 0 aromatic carbocycles. The zero-order chi connectivity index (χ0) is 18.6. The van der Waals surface area contributed by atoms with E-state index in [1.54, 1.807) is 6.07 Å². The van der Waals surface area contributed by atoms with Gasteiger partial charge in [-0.25, -0.2) is 0 Å². The fourth-order valence-electron chi connectivity index (χ4n) is 4.43. The third-order valence-electron chi connectivity index (χ3n) is 6.06. The van der Waals surface area contributed by atoms with Gasteiger partial charge in [0.15, 0.2) is 0 Å². The van der Waals surface area contributed by atoms with E-state index in [1.165, 1.54) is 29.7 Å². The Morgan fingerprint density at radius 3 is 2.78 bits per heavy atom. The number of nitrogens with one attached hydrogen (secondary N) is 2. The van der Waals surface area contributed by atoms with Crippen molar-refractivity contribution in [1.29, 1.82) is 0 Å². The first-order valence-corrected chi connectivity index (χ1v) is 10.2. The highest BCUT2D eigenvalue weighted by atomic mass is 16.2. The van der Waals surface area contributed by atoms with Gasteiger partial charge < -0.3 is 9.88 Å². The van der Waals surface area contributed by atoms with Crippen LogP contribution in [0.5, 0.6) is 0 Å². The molecule has 1 fully saturated rings. The van der Waals surface area contributed by atoms with Crippen molar-refractivity contribution in [2.75, 3.05) is 13.1 Å². The minimum atomic E-state index is -0.0580. The van der Waals surface area contributed by atoms with E-state index < -0.39 is 0 Å². The molecule has 6 heteroatoms. The number of rotatable bonds is 5. The molecule has 4 rings (SSSR count). The third-order valence-corrected chi connectivity index (χ3v) is 6.06. The van der Waals surface area contributed by atoms with E-state index in [1.807, 2.05) is 17.2 Å². The van der Waals surface area contributed by atoms with Gasteiger partial charge in [-0.3, -0.25) is 14.7 Å². The van der Waals surface area contributed by atoms with Crippen molar-refractivity contribution in [2.24, 2.45) is 5.92 Å². The van der Waals surface area contributed by atoms with Gasteiger partial charge in [-0.15, -0.1) is 0 Å². The zero-order valence-electron chi connectivity index (χ0n) is 15.8. The van der Waals surface area contributed by atoms with Gasteiger partial charge >= 0.3 is 0 Å². The van der Waals surface area contributed by atoms with Crippen LogP contribution in [0, 0.1) is 5.92 Å². The number of piperidine rings is 1. The quantitative estimate of drug-likeness (QED) is 0.850. The number of fused-ring (bicyclic) bond motifs is 1. The Morgan fingerprint density at radius 1 is 1.19 bits per heavy atom. The van der Waals surface area contributed by atoms with Gasteiger partial charge in [0, 0.05) is 43.9 Å². The first-order chi connectivity index (χ1) is 13.2. The Hall–Kier alpha value is -2.37. The molecule has 0 bridgehead atoms. The molecule has 144 valence electrons. The number of aromatic nitrogens is 3. The standard InChI is InChI=1S/C21H28N4O2/c26-20-7-5-16(14-22-20)13-15-9-11-25(12-10-15)21(27)8-6-19-17-3-1-2-4-18(17)23-24-19/h5,7,14-15H,1-4,6,8-13H2,(H,22,26)(H,23,24). The number of nitrogens with zero attached hydrogens (tertiary/aromatic N) is 2. The van der Waals surface area contributed by atoms with Crippen LogP contribution in [-0.4, -0.2) is 39.1 Å². The van der Waals surface area contributed by atoms with E-state index in [-0.39, 0.29) is 11.5 Å². The Balaban J connectivity index is 1.24. The second-order valence-electron chi connectivity index (χ2n) is 7.92. The molecule has 27 heavy (non-hydrogen) atoms. The summed E-state index contributed by atoms with van der Waals surface area (Å²) in [5, 5.41) is 7.62. The maximum atomic E-state index is 12.6. The Labute approximate surface area is 159 Å². The van der Waals surface area contributed by atoms with Crippen LogP contribution in [0.15, 0.2) is 23.1 Å². The topological polar surface area (TPSA) is 81.8 Å². The summed E-state index contributed by atoms with van der Waals surface area (Å²) in [7, 11) is 0. The van der Waals surface area contributed by atoms with E-state index in [4.69, 9.17) is 0 Å². The average Bonchev–Trinajstić information content (AvgIpc) is 3.12. The van der Waals surface area contributed by atoms with Crippen LogP contribution >= 0.6 is 0 Å². The SMILES string of the molecule is O=C(CCc1n[nH]c2c1CCCC2)N1CCC(Cc2ccc(=O)[nH]c2)CC1. The van der Waals surface area contributed by atoms with Gasteiger partial charge in [-0.05, 0) is 62.0 Å². The lowest BCUT2D eigenvalue weighted by molar-refractivity contribution is -0.132. The Morgan fingerprint density at radius 2 is 2.00 bits per heavy atom. The molecule has 1 aliphatic carbocycles. The second-order valence-corrected chi connectivity index (χ2v) is 7.92. The predicted octanol–water partition coefficient (Wildman–Crippen LogP) is 2.39. The van der Waals surface area contributed by atoms with Crippen molar-refractivity contribution >= 4 is 5.91 Å². The first-order valence-electron chi connectivity index (χ1n) is 10.2. The highest BCUT2D eigenvalue weighted by Gasteiger charge is 2.24. The second kappa shape index (κ2) is 8.11. The average molecular weight is 368 g/mol. The Bertz CT molecular complexity index is 826. The molecular formula is C21H28N4O2. The van der Waals surface area contributed by atoms with E-state index in [2.05, 4.69) is 15.2 Å². The summed E-state index contributed by atoms with van der Waals surface area (Å²) in [5.74, 6) is 0.836. The maximum absolute atomic E-state index is 12.6. The molecule has 6 nitrogen and oxygen atoms in total. The van der Waals surface area contributed by atoms with Gasteiger partial charge in [0.1, 0.15) is 0 Å². The van der Waals surface area contributed by atoms with Gasteiger partial charge in [0.2, 0.25) is 11.5 Å². The van der Waals surface area contributed by atoms with Crippen LogP contribution in [0.3, 0.4) is 0 Å². The molecule has 2 aromatic rings. The minimum Gasteiger partial charge on any atom is -0.343 e. The van der Waals surface area contributed by atoms with Crippen LogP contribution in [0.1, 0.15) is 54.6 Å². The number of hydrogen-bond acceptors (Lipinski definition) is 3. The summed E-state index contributed by atoms with van der Waals surface area (Å²) in [6.07, 6.45) is 10.8. The molecule has 2 N–H and O–H groups in total. The molecular weight excluding hydrogens is 340 g/mol. The lowest BCUT2D eigenvalue weighted by Crippen LogP contribution is -2.39. The number of aryl methyl sites for hydroxylation is 2. The zero-order valence-corrected chi connectivity index (χ0v) is 15.8. The molecule has 0 spiro atoms. The van der Waals surface area contributed by atoms with E-state index in [0.29, 0.717) is 12.3 Å². The van der Waals surface area contributed by atoms with Crippen molar-refractivity contribution in [1.82, 2.24) is 20.1 Å². The van der Waals surface area contributed by atoms with Crippen LogP contribution in [0.4, 0.5) is 0 Å². The third kappa shape index (κ3) is 4.31. The van der Waals surface area contributed by atoms with Crippen molar-refractivity contribution in [3.63, 3.8) is 0 Å². The molecule has 1 amide bonds. The molecule has 0 saturated carbocycles. The van der Waals surface area contributed by atoms with Gasteiger partial charge in [0.25, 0.3) is 0 Å². The fraction of sp³-hybridized carbons (Fsp3) is 0.571. The van der Waals surface area contributed by atoms with Crippen molar-refractivity contribution in [3.05, 3.63) is 51.2 Å². The number of likely N-dealkylation sites (tertiary alicyclic amines) is 1. The summed E-state index contributed by atoms with van der Waals surface area (Å²) >= 11 is 0. The number of carbonyl (C=O) groups is 1. The lowest BCUT2D eigenvalue weighted by Gasteiger charge is -2.32. The number of aromatic amines is 2. The highest BCUT2D eigenvalue weighted by molar-refractivity contribution is 5.76. The summed E-state index contributed by atoms with van der Waals surface area (Å²) in [5.41, 5.74) is 4.87. The monoisotopic (exact) mass is 368 g/mol. The Kier molecular flexibility index (Phi) is 5.41. The fourth-order valence-corrected chi connectivity index (χ4v) is 4.43. The van der Waals surface area contributed by atoms with Gasteiger partial charge in [-0.2, -0.15) is 5.10 Å². The lowest BCUT2D eigenvalue weighted by atomic mass is 9.90. The number of hydrogen-bond donors (Lipinski definition) is 2. The largest absolute Gasteiger partial charge is 0.343 e. The predicted molar refractivity (Wildman–Crippen MR) is 104 cm³/mol. The number of amides is 1. The molecule has 0 unspecified atom stereocenters. The van der Waals surface area contributed by atoms with Gasteiger partial charge in [0.05, 0.1) is 5.69 Å². The number of carbonyl (C=O) groups excluding carboxylic acids is 1. The highest BCUT2D eigenvalue weighted by Crippen LogP contribution is 2.24. The first kappa shape index (κ1) is 18.0. The van der Waals surface area contributed by atoms with Crippen LogP contribution < -0.4 is 5.56 Å².